The van der Waals surface area contributed by atoms with Gasteiger partial charge in [-0.15, -0.1) is 0 Å². The van der Waals surface area contributed by atoms with Gasteiger partial charge in [-0.2, -0.15) is 0 Å². The Morgan fingerprint density at radius 1 is 1.50 bits per heavy atom. The van der Waals surface area contributed by atoms with Crippen molar-refractivity contribution < 1.29 is 18.1 Å². The summed E-state index contributed by atoms with van der Waals surface area (Å²) in [6.45, 7) is 0.775. The number of nitro benzene ring substituents is 1. The molecule has 1 aromatic carbocycles. The Hall–Kier alpha value is -1.22. The first kappa shape index (κ1) is 15.2. The van der Waals surface area contributed by atoms with E-state index in [1.54, 1.807) is 0 Å². The minimum absolute atomic E-state index is 0.104. The SMILES string of the molecule is O=[N+]([O-])c1cc(S(=O)(=O)NC[C@H]2CCCO2)ccc1Cl. The van der Waals surface area contributed by atoms with Crippen molar-refractivity contribution in [1.29, 1.82) is 0 Å². The van der Waals surface area contributed by atoms with E-state index in [1.165, 1.54) is 12.1 Å². The number of nitrogens with one attached hydrogen (secondary N) is 1. The molecular formula is C11H13ClN2O5S. The van der Waals surface area contributed by atoms with E-state index >= 15 is 0 Å². The van der Waals surface area contributed by atoms with Crippen LogP contribution >= 0.6 is 11.6 Å². The van der Waals surface area contributed by atoms with Crippen molar-refractivity contribution in [2.75, 3.05) is 13.2 Å². The highest BCUT2D eigenvalue weighted by Crippen LogP contribution is 2.27. The Morgan fingerprint density at radius 2 is 2.25 bits per heavy atom. The molecule has 0 spiro atoms. The summed E-state index contributed by atoms with van der Waals surface area (Å²) in [5.74, 6) is 0. The molecule has 0 aliphatic carbocycles. The molecule has 1 aliphatic heterocycles. The van der Waals surface area contributed by atoms with E-state index in [0.29, 0.717) is 6.61 Å². The number of ether oxygens (including phenoxy) is 1. The molecule has 1 saturated heterocycles. The van der Waals surface area contributed by atoms with Crippen molar-refractivity contribution in [3.63, 3.8) is 0 Å². The second-order valence-corrected chi connectivity index (χ2v) is 6.53. The Labute approximate surface area is 121 Å². The maximum Gasteiger partial charge on any atom is 0.289 e. The second-order valence-electron chi connectivity index (χ2n) is 4.36. The van der Waals surface area contributed by atoms with Crippen LogP contribution in [0.15, 0.2) is 23.1 Å². The molecule has 20 heavy (non-hydrogen) atoms. The second kappa shape index (κ2) is 6.04. The zero-order valence-electron chi connectivity index (χ0n) is 10.4. The largest absolute Gasteiger partial charge is 0.377 e. The molecule has 0 aromatic heterocycles. The summed E-state index contributed by atoms with van der Waals surface area (Å²) in [7, 11) is -3.81. The fourth-order valence-corrected chi connectivity index (χ4v) is 3.16. The standard InChI is InChI=1S/C11H13ClN2O5S/c12-10-4-3-9(6-11(10)14(15)16)20(17,18)13-7-8-2-1-5-19-8/h3-4,6,8,13H,1-2,5,7H2/t8-/m1/s1. The zero-order chi connectivity index (χ0) is 14.8. The number of benzene rings is 1. The van der Waals surface area contributed by atoms with Crippen LogP contribution in [0.5, 0.6) is 0 Å². The molecule has 1 heterocycles. The average molecular weight is 321 g/mol. The molecule has 1 aromatic rings. The van der Waals surface area contributed by atoms with Gasteiger partial charge in [0.1, 0.15) is 5.02 Å². The lowest BCUT2D eigenvalue weighted by molar-refractivity contribution is -0.384. The average Bonchev–Trinajstić information content (AvgIpc) is 2.89. The van der Waals surface area contributed by atoms with Crippen molar-refractivity contribution in [3.8, 4) is 0 Å². The van der Waals surface area contributed by atoms with E-state index in [-0.39, 0.29) is 22.6 Å². The van der Waals surface area contributed by atoms with Gasteiger partial charge >= 0.3 is 0 Å². The van der Waals surface area contributed by atoms with E-state index in [9.17, 15) is 18.5 Å². The maximum atomic E-state index is 12.0. The molecule has 1 N–H and O–H groups in total. The van der Waals surface area contributed by atoms with Crippen LogP contribution in [-0.4, -0.2) is 32.6 Å². The quantitative estimate of drug-likeness (QED) is 0.657. The minimum atomic E-state index is -3.81. The molecule has 1 fully saturated rings. The molecule has 0 unspecified atom stereocenters. The smallest absolute Gasteiger partial charge is 0.289 e. The van der Waals surface area contributed by atoms with Crippen LogP contribution in [0.4, 0.5) is 5.69 Å². The minimum Gasteiger partial charge on any atom is -0.377 e. The van der Waals surface area contributed by atoms with Gasteiger partial charge in [-0.25, -0.2) is 13.1 Å². The lowest BCUT2D eigenvalue weighted by Crippen LogP contribution is -2.31. The molecule has 0 radical (unpaired) electrons. The van der Waals surface area contributed by atoms with Gasteiger partial charge in [-0.1, -0.05) is 11.6 Å². The van der Waals surface area contributed by atoms with Gasteiger partial charge in [0.2, 0.25) is 10.0 Å². The molecule has 0 amide bonds. The van der Waals surface area contributed by atoms with Crippen LogP contribution < -0.4 is 4.72 Å². The summed E-state index contributed by atoms with van der Waals surface area (Å²) in [4.78, 5) is 9.84. The fraction of sp³-hybridized carbons (Fsp3) is 0.455. The third kappa shape index (κ3) is 3.45. The van der Waals surface area contributed by atoms with Crippen molar-refractivity contribution in [2.45, 2.75) is 23.8 Å². The van der Waals surface area contributed by atoms with Crippen molar-refractivity contribution in [3.05, 3.63) is 33.3 Å². The van der Waals surface area contributed by atoms with Crippen LogP contribution in [0.1, 0.15) is 12.8 Å². The maximum absolute atomic E-state index is 12.0. The molecule has 1 atom stereocenters. The van der Waals surface area contributed by atoms with Crippen LogP contribution in [0.3, 0.4) is 0 Å². The van der Waals surface area contributed by atoms with E-state index in [2.05, 4.69) is 4.72 Å². The fourth-order valence-electron chi connectivity index (χ4n) is 1.89. The van der Waals surface area contributed by atoms with E-state index in [1.807, 2.05) is 0 Å². The topological polar surface area (TPSA) is 98.5 Å². The van der Waals surface area contributed by atoms with Crippen LogP contribution in [0.25, 0.3) is 0 Å². The van der Waals surface area contributed by atoms with Gasteiger partial charge < -0.3 is 4.74 Å². The third-order valence-electron chi connectivity index (χ3n) is 2.95. The molecule has 110 valence electrons. The van der Waals surface area contributed by atoms with Gasteiger partial charge in [0.25, 0.3) is 5.69 Å². The Kier molecular flexibility index (Phi) is 4.59. The molecular weight excluding hydrogens is 308 g/mol. The Bertz CT molecular complexity index is 613. The summed E-state index contributed by atoms with van der Waals surface area (Å²) < 4.78 is 31.8. The van der Waals surface area contributed by atoms with Gasteiger partial charge in [-0.05, 0) is 25.0 Å². The summed E-state index contributed by atoms with van der Waals surface area (Å²) in [6.07, 6.45) is 1.55. The number of hydrogen-bond donors (Lipinski definition) is 1. The predicted octanol–water partition coefficient (Wildman–Crippen LogP) is 1.71. The lowest BCUT2D eigenvalue weighted by atomic mass is 10.2. The van der Waals surface area contributed by atoms with E-state index in [4.69, 9.17) is 16.3 Å². The molecule has 0 saturated carbocycles. The highest BCUT2D eigenvalue weighted by molar-refractivity contribution is 7.89. The molecule has 0 bridgehead atoms. The van der Waals surface area contributed by atoms with Crippen LogP contribution in [0, 0.1) is 10.1 Å². The lowest BCUT2D eigenvalue weighted by Gasteiger charge is -2.11. The van der Waals surface area contributed by atoms with Gasteiger partial charge in [0.15, 0.2) is 0 Å². The summed E-state index contributed by atoms with van der Waals surface area (Å²) in [6, 6.07) is 3.37. The monoisotopic (exact) mass is 320 g/mol. The normalized spacial score (nSPS) is 19.1. The van der Waals surface area contributed by atoms with Gasteiger partial charge in [0.05, 0.1) is 15.9 Å². The Morgan fingerprint density at radius 3 is 2.85 bits per heavy atom. The number of hydrogen-bond acceptors (Lipinski definition) is 5. The molecule has 7 nitrogen and oxygen atoms in total. The van der Waals surface area contributed by atoms with Gasteiger partial charge in [0, 0.05) is 19.2 Å². The Balaban J connectivity index is 2.16. The van der Waals surface area contributed by atoms with E-state index in [0.717, 1.165) is 18.9 Å². The molecule has 9 heteroatoms. The molecule has 1 aliphatic rings. The first-order valence-corrected chi connectivity index (χ1v) is 7.81. The summed E-state index contributed by atoms with van der Waals surface area (Å²) in [5.41, 5.74) is -0.438. The van der Waals surface area contributed by atoms with Crippen molar-refractivity contribution >= 4 is 27.3 Å². The van der Waals surface area contributed by atoms with Crippen molar-refractivity contribution in [2.24, 2.45) is 0 Å². The summed E-state index contributed by atoms with van der Waals surface area (Å²) in [5, 5.41) is 10.7. The first-order chi connectivity index (χ1) is 9.40. The van der Waals surface area contributed by atoms with Crippen LogP contribution in [-0.2, 0) is 14.8 Å². The van der Waals surface area contributed by atoms with Crippen molar-refractivity contribution in [1.82, 2.24) is 4.72 Å². The van der Waals surface area contributed by atoms with E-state index < -0.39 is 20.6 Å². The number of sulfonamides is 1. The number of nitrogens with zero attached hydrogens (tertiary/aromatic N) is 1. The highest BCUT2D eigenvalue weighted by atomic mass is 35.5. The number of halogens is 1. The highest BCUT2D eigenvalue weighted by Gasteiger charge is 2.23. The third-order valence-corrected chi connectivity index (χ3v) is 4.69. The molecule has 2 rings (SSSR count). The first-order valence-electron chi connectivity index (χ1n) is 5.95. The van der Waals surface area contributed by atoms with Crippen LogP contribution in [0.2, 0.25) is 5.02 Å². The number of nitro groups is 1. The number of rotatable bonds is 5. The predicted molar refractivity (Wildman–Crippen MR) is 72.3 cm³/mol. The summed E-state index contributed by atoms with van der Waals surface area (Å²) >= 11 is 5.65. The zero-order valence-corrected chi connectivity index (χ0v) is 12.0. The van der Waals surface area contributed by atoms with Gasteiger partial charge in [-0.3, -0.25) is 10.1 Å².